The van der Waals surface area contributed by atoms with E-state index in [0.29, 0.717) is 0 Å². The average Bonchev–Trinajstić information content (AvgIpc) is 2.83. The van der Waals surface area contributed by atoms with Crippen LogP contribution in [0.2, 0.25) is 0 Å². The van der Waals surface area contributed by atoms with Crippen LogP contribution < -0.4 is 5.73 Å². The molecular formula is C11H14BrN3S. The van der Waals surface area contributed by atoms with Gasteiger partial charge in [0.1, 0.15) is 0 Å². The molecule has 16 heavy (non-hydrogen) atoms. The minimum absolute atomic E-state index is 0.0473. The second-order valence-electron chi connectivity index (χ2n) is 3.80. The lowest BCUT2D eigenvalue weighted by Crippen LogP contribution is -2.14. The second kappa shape index (κ2) is 4.69. The molecule has 5 heteroatoms. The van der Waals surface area contributed by atoms with Crippen LogP contribution in [-0.4, -0.2) is 9.78 Å². The summed E-state index contributed by atoms with van der Waals surface area (Å²) in [5, 5.41) is 6.42. The van der Waals surface area contributed by atoms with E-state index in [-0.39, 0.29) is 6.04 Å². The molecule has 0 spiro atoms. The Bertz CT molecular complexity index is 476. The molecule has 0 aliphatic rings. The number of aryl methyl sites for hydroxylation is 2. The van der Waals surface area contributed by atoms with Crippen LogP contribution in [0.3, 0.4) is 0 Å². The first kappa shape index (κ1) is 11.8. The Labute approximate surface area is 107 Å². The normalized spacial score (nSPS) is 13.0. The SMILES string of the molecule is Cc1nn(C)c(CC(N)c2cccs2)c1Br. The maximum absolute atomic E-state index is 6.17. The van der Waals surface area contributed by atoms with Gasteiger partial charge in [0.05, 0.1) is 15.9 Å². The molecule has 0 aliphatic carbocycles. The summed E-state index contributed by atoms with van der Waals surface area (Å²) in [7, 11) is 1.95. The standard InChI is InChI=1S/C11H14BrN3S/c1-7-11(12)9(15(2)14-7)6-8(13)10-4-3-5-16-10/h3-5,8H,6,13H2,1-2H3. The number of hydrogen-bond donors (Lipinski definition) is 1. The summed E-state index contributed by atoms with van der Waals surface area (Å²) in [5.74, 6) is 0. The van der Waals surface area contributed by atoms with Crippen molar-refractivity contribution < 1.29 is 0 Å². The minimum Gasteiger partial charge on any atom is -0.323 e. The number of nitrogens with zero attached hydrogens (tertiary/aromatic N) is 2. The van der Waals surface area contributed by atoms with Gasteiger partial charge in [-0.3, -0.25) is 4.68 Å². The zero-order valence-corrected chi connectivity index (χ0v) is 11.7. The summed E-state index contributed by atoms with van der Waals surface area (Å²) in [6.45, 7) is 1.99. The summed E-state index contributed by atoms with van der Waals surface area (Å²) in [6, 6.07) is 4.15. The van der Waals surface area contributed by atoms with Gasteiger partial charge >= 0.3 is 0 Å². The molecule has 0 saturated heterocycles. The van der Waals surface area contributed by atoms with Crippen molar-refractivity contribution in [3.05, 3.63) is 38.3 Å². The van der Waals surface area contributed by atoms with E-state index < -0.39 is 0 Å². The van der Waals surface area contributed by atoms with Gasteiger partial charge in [-0.05, 0) is 34.3 Å². The first-order valence-corrected chi connectivity index (χ1v) is 6.74. The molecule has 2 rings (SSSR count). The number of nitrogens with two attached hydrogens (primary N) is 1. The fourth-order valence-corrected chi connectivity index (χ4v) is 2.94. The van der Waals surface area contributed by atoms with Crippen molar-refractivity contribution in [3.63, 3.8) is 0 Å². The van der Waals surface area contributed by atoms with E-state index in [1.54, 1.807) is 11.3 Å². The highest BCUT2D eigenvalue weighted by Crippen LogP contribution is 2.26. The van der Waals surface area contributed by atoms with Gasteiger partial charge in [-0.25, -0.2) is 0 Å². The number of rotatable bonds is 3. The average molecular weight is 300 g/mol. The van der Waals surface area contributed by atoms with Gasteiger partial charge in [0.25, 0.3) is 0 Å². The van der Waals surface area contributed by atoms with Crippen LogP contribution in [0, 0.1) is 6.92 Å². The molecule has 0 radical (unpaired) electrons. The molecule has 3 nitrogen and oxygen atoms in total. The maximum Gasteiger partial charge on any atom is 0.0738 e. The molecule has 0 aliphatic heterocycles. The van der Waals surface area contributed by atoms with Crippen molar-refractivity contribution in [1.29, 1.82) is 0 Å². The fraction of sp³-hybridized carbons (Fsp3) is 0.364. The summed E-state index contributed by atoms with van der Waals surface area (Å²) in [5.41, 5.74) is 8.33. The predicted molar refractivity (Wildman–Crippen MR) is 70.6 cm³/mol. The predicted octanol–water partition coefficient (Wildman–Crippen LogP) is 2.80. The molecule has 2 aromatic heterocycles. The lowest BCUT2D eigenvalue weighted by molar-refractivity contribution is 0.644. The second-order valence-corrected chi connectivity index (χ2v) is 5.57. The van der Waals surface area contributed by atoms with Gasteiger partial charge in [-0.15, -0.1) is 11.3 Å². The van der Waals surface area contributed by atoms with Crippen LogP contribution >= 0.6 is 27.3 Å². The van der Waals surface area contributed by atoms with Crippen LogP contribution in [0.1, 0.15) is 22.3 Å². The van der Waals surface area contributed by atoms with Crippen LogP contribution in [0.5, 0.6) is 0 Å². The van der Waals surface area contributed by atoms with E-state index in [1.165, 1.54) is 4.88 Å². The van der Waals surface area contributed by atoms with Gasteiger partial charge in [-0.2, -0.15) is 5.10 Å². The Balaban J connectivity index is 2.21. The van der Waals surface area contributed by atoms with Crippen molar-refractivity contribution in [3.8, 4) is 0 Å². The van der Waals surface area contributed by atoms with Crippen LogP contribution in [0.15, 0.2) is 22.0 Å². The summed E-state index contributed by atoms with van der Waals surface area (Å²) < 4.78 is 2.97. The summed E-state index contributed by atoms with van der Waals surface area (Å²) in [6.07, 6.45) is 0.804. The van der Waals surface area contributed by atoms with Crippen molar-refractivity contribution in [2.24, 2.45) is 12.8 Å². The van der Waals surface area contributed by atoms with Crippen molar-refractivity contribution in [1.82, 2.24) is 9.78 Å². The van der Waals surface area contributed by atoms with E-state index in [4.69, 9.17) is 5.73 Å². The van der Waals surface area contributed by atoms with Crippen LogP contribution in [0.4, 0.5) is 0 Å². The number of halogens is 1. The molecule has 2 N–H and O–H groups in total. The molecule has 0 aromatic carbocycles. The summed E-state index contributed by atoms with van der Waals surface area (Å²) >= 11 is 5.26. The third-order valence-corrected chi connectivity index (χ3v) is 4.62. The summed E-state index contributed by atoms with van der Waals surface area (Å²) in [4.78, 5) is 1.21. The molecule has 1 atom stereocenters. The molecule has 2 heterocycles. The lowest BCUT2D eigenvalue weighted by Gasteiger charge is -2.10. The highest BCUT2D eigenvalue weighted by atomic mass is 79.9. The van der Waals surface area contributed by atoms with E-state index >= 15 is 0 Å². The molecule has 1 unspecified atom stereocenters. The van der Waals surface area contributed by atoms with Gasteiger partial charge in [-0.1, -0.05) is 6.07 Å². The van der Waals surface area contributed by atoms with E-state index in [1.807, 2.05) is 24.7 Å². The zero-order chi connectivity index (χ0) is 11.7. The topological polar surface area (TPSA) is 43.8 Å². The number of hydrogen-bond acceptors (Lipinski definition) is 3. The Kier molecular flexibility index (Phi) is 3.47. The lowest BCUT2D eigenvalue weighted by atomic mass is 10.1. The van der Waals surface area contributed by atoms with E-state index in [9.17, 15) is 0 Å². The molecule has 86 valence electrons. The fourth-order valence-electron chi connectivity index (χ4n) is 1.71. The Hall–Kier alpha value is -0.650. The molecule has 2 aromatic rings. The molecule has 0 saturated carbocycles. The highest BCUT2D eigenvalue weighted by Gasteiger charge is 2.15. The molecule has 0 fully saturated rings. The Morgan fingerprint density at radius 3 is 2.88 bits per heavy atom. The molecule has 0 bridgehead atoms. The van der Waals surface area contributed by atoms with E-state index in [0.717, 1.165) is 22.3 Å². The maximum atomic E-state index is 6.17. The van der Waals surface area contributed by atoms with E-state index in [2.05, 4.69) is 32.5 Å². The minimum atomic E-state index is 0.0473. The zero-order valence-electron chi connectivity index (χ0n) is 9.27. The van der Waals surface area contributed by atoms with Gasteiger partial charge in [0, 0.05) is 24.4 Å². The van der Waals surface area contributed by atoms with Crippen LogP contribution in [0.25, 0.3) is 0 Å². The number of aromatic nitrogens is 2. The Morgan fingerprint density at radius 1 is 1.62 bits per heavy atom. The largest absolute Gasteiger partial charge is 0.323 e. The quantitative estimate of drug-likeness (QED) is 0.947. The molecular weight excluding hydrogens is 286 g/mol. The smallest absolute Gasteiger partial charge is 0.0738 e. The monoisotopic (exact) mass is 299 g/mol. The highest BCUT2D eigenvalue weighted by molar-refractivity contribution is 9.10. The van der Waals surface area contributed by atoms with Gasteiger partial charge in [0.2, 0.25) is 0 Å². The van der Waals surface area contributed by atoms with Gasteiger partial charge in [0.15, 0.2) is 0 Å². The van der Waals surface area contributed by atoms with Crippen molar-refractivity contribution in [2.75, 3.05) is 0 Å². The molecule has 0 amide bonds. The first-order valence-electron chi connectivity index (χ1n) is 5.06. The van der Waals surface area contributed by atoms with Crippen molar-refractivity contribution >= 4 is 27.3 Å². The third kappa shape index (κ3) is 2.21. The first-order chi connectivity index (χ1) is 7.59. The number of thiophene rings is 1. The van der Waals surface area contributed by atoms with Crippen LogP contribution in [-0.2, 0) is 13.5 Å². The van der Waals surface area contributed by atoms with Gasteiger partial charge < -0.3 is 5.73 Å². The Morgan fingerprint density at radius 2 is 2.38 bits per heavy atom. The van der Waals surface area contributed by atoms with Crippen molar-refractivity contribution in [2.45, 2.75) is 19.4 Å². The third-order valence-electron chi connectivity index (χ3n) is 2.58.